The highest BCUT2D eigenvalue weighted by Gasteiger charge is 2.26. The minimum Gasteiger partial charge on any atom is -0.481 e. The summed E-state index contributed by atoms with van der Waals surface area (Å²) in [5, 5.41) is 20.3. The third kappa shape index (κ3) is 2.56. The molecular formula is C10H18N4O2. The van der Waals surface area contributed by atoms with Crippen LogP contribution < -0.4 is 0 Å². The van der Waals surface area contributed by atoms with E-state index in [1.807, 2.05) is 13.8 Å². The van der Waals surface area contributed by atoms with Crippen molar-refractivity contribution >= 4 is 5.97 Å². The second-order valence-corrected chi connectivity index (χ2v) is 4.66. The van der Waals surface area contributed by atoms with Gasteiger partial charge < -0.3 is 5.11 Å². The van der Waals surface area contributed by atoms with Gasteiger partial charge in [0.1, 0.15) is 0 Å². The van der Waals surface area contributed by atoms with Crippen molar-refractivity contribution in [3.63, 3.8) is 0 Å². The van der Waals surface area contributed by atoms with Gasteiger partial charge in [-0.05, 0) is 16.8 Å². The van der Waals surface area contributed by atoms with Crippen molar-refractivity contribution in [2.24, 2.45) is 5.92 Å². The fraction of sp³-hybridized carbons (Fsp3) is 0.800. The van der Waals surface area contributed by atoms with E-state index in [-0.39, 0.29) is 5.41 Å². The van der Waals surface area contributed by atoms with E-state index < -0.39 is 11.9 Å². The maximum atomic E-state index is 10.8. The summed E-state index contributed by atoms with van der Waals surface area (Å²) in [6.07, 6.45) is 0.898. The summed E-state index contributed by atoms with van der Waals surface area (Å²) >= 11 is 0. The van der Waals surface area contributed by atoms with Gasteiger partial charge in [-0.15, -0.1) is 5.10 Å². The molecule has 1 heterocycles. The van der Waals surface area contributed by atoms with E-state index in [1.54, 1.807) is 11.6 Å². The maximum Gasteiger partial charge on any atom is 0.308 e. The van der Waals surface area contributed by atoms with Crippen LogP contribution in [0.3, 0.4) is 0 Å². The van der Waals surface area contributed by atoms with Gasteiger partial charge >= 0.3 is 5.97 Å². The van der Waals surface area contributed by atoms with Crippen LogP contribution in [0.25, 0.3) is 0 Å². The summed E-state index contributed by atoms with van der Waals surface area (Å²) in [6, 6.07) is 0. The first-order chi connectivity index (χ1) is 7.38. The van der Waals surface area contributed by atoms with Crippen molar-refractivity contribution in [1.29, 1.82) is 0 Å². The standard InChI is InChI=1S/C10H18N4O2/c1-5-10(3,4)9-11-12-13-14(9)6-7(2)8(15)16/h7H,5-6H2,1-4H3,(H,15,16). The van der Waals surface area contributed by atoms with Crippen molar-refractivity contribution in [3.05, 3.63) is 5.82 Å². The summed E-state index contributed by atoms with van der Waals surface area (Å²) in [4.78, 5) is 10.8. The molecule has 6 heteroatoms. The minimum atomic E-state index is -0.837. The summed E-state index contributed by atoms with van der Waals surface area (Å²) in [7, 11) is 0. The molecule has 16 heavy (non-hydrogen) atoms. The Morgan fingerprint density at radius 3 is 2.69 bits per heavy atom. The van der Waals surface area contributed by atoms with Gasteiger partial charge in [0.15, 0.2) is 5.82 Å². The van der Waals surface area contributed by atoms with Crippen molar-refractivity contribution in [2.45, 2.75) is 46.1 Å². The first kappa shape index (κ1) is 12.6. The lowest BCUT2D eigenvalue weighted by Crippen LogP contribution is -2.26. The summed E-state index contributed by atoms with van der Waals surface area (Å²) in [6.45, 7) is 8.09. The SMILES string of the molecule is CCC(C)(C)c1nnnn1CC(C)C(=O)O. The van der Waals surface area contributed by atoms with Crippen LogP contribution >= 0.6 is 0 Å². The van der Waals surface area contributed by atoms with Crippen LogP contribution in [0.1, 0.15) is 39.9 Å². The van der Waals surface area contributed by atoms with E-state index in [1.165, 1.54) is 0 Å². The number of carbonyl (C=O) groups is 1. The molecule has 1 aromatic rings. The van der Waals surface area contributed by atoms with Crippen LogP contribution in [0.2, 0.25) is 0 Å². The van der Waals surface area contributed by atoms with E-state index in [9.17, 15) is 4.79 Å². The second-order valence-electron chi connectivity index (χ2n) is 4.66. The van der Waals surface area contributed by atoms with E-state index in [0.717, 1.165) is 12.2 Å². The Morgan fingerprint density at radius 1 is 1.56 bits per heavy atom. The molecule has 90 valence electrons. The van der Waals surface area contributed by atoms with Gasteiger partial charge in [-0.3, -0.25) is 4.79 Å². The Labute approximate surface area is 94.7 Å². The van der Waals surface area contributed by atoms with Gasteiger partial charge in [0.25, 0.3) is 0 Å². The highest BCUT2D eigenvalue weighted by Crippen LogP contribution is 2.24. The van der Waals surface area contributed by atoms with Gasteiger partial charge in [0, 0.05) is 5.41 Å². The summed E-state index contributed by atoms with van der Waals surface area (Å²) < 4.78 is 1.59. The van der Waals surface area contributed by atoms with Gasteiger partial charge in [-0.1, -0.05) is 27.7 Å². The topological polar surface area (TPSA) is 80.9 Å². The smallest absolute Gasteiger partial charge is 0.308 e. The van der Waals surface area contributed by atoms with E-state index in [2.05, 4.69) is 22.4 Å². The Bertz CT molecular complexity index is 373. The van der Waals surface area contributed by atoms with Gasteiger partial charge in [0.05, 0.1) is 12.5 Å². The first-order valence-corrected chi connectivity index (χ1v) is 5.38. The van der Waals surface area contributed by atoms with Crippen LogP contribution in [-0.4, -0.2) is 31.3 Å². The zero-order valence-corrected chi connectivity index (χ0v) is 10.1. The van der Waals surface area contributed by atoms with Crippen molar-refractivity contribution in [2.75, 3.05) is 0 Å². The molecule has 1 rings (SSSR count). The number of aliphatic carboxylic acids is 1. The zero-order valence-electron chi connectivity index (χ0n) is 10.1. The molecule has 1 unspecified atom stereocenters. The maximum absolute atomic E-state index is 10.8. The molecule has 0 fully saturated rings. The highest BCUT2D eigenvalue weighted by atomic mass is 16.4. The summed E-state index contributed by atoms with van der Waals surface area (Å²) in [5.41, 5.74) is -0.137. The fourth-order valence-corrected chi connectivity index (χ4v) is 1.31. The van der Waals surface area contributed by atoms with Gasteiger partial charge in [-0.2, -0.15) is 0 Å². The number of rotatable bonds is 5. The Kier molecular flexibility index (Phi) is 3.62. The number of tetrazole rings is 1. The van der Waals surface area contributed by atoms with E-state index in [4.69, 9.17) is 5.11 Å². The summed E-state index contributed by atoms with van der Waals surface area (Å²) in [5.74, 6) is -0.589. The van der Waals surface area contributed by atoms with Gasteiger partial charge in [-0.25, -0.2) is 4.68 Å². The Morgan fingerprint density at radius 2 is 2.19 bits per heavy atom. The molecule has 0 aliphatic rings. The van der Waals surface area contributed by atoms with Crippen molar-refractivity contribution in [1.82, 2.24) is 20.2 Å². The monoisotopic (exact) mass is 226 g/mol. The minimum absolute atomic E-state index is 0.137. The average Bonchev–Trinajstić information content (AvgIpc) is 2.66. The molecule has 0 saturated carbocycles. The molecule has 0 spiro atoms. The number of aromatic nitrogens is 4. The Hall–Kier alpha value is -1.46. The lowest BCUT2D eigenvalue weighted by Gasteiger charge is -2.21. The molecule has 1 N–H and O–H groups in total. The molecule has 0 aliphatic heterocycles. The van der Waals surface area contributed by atoms with Gasteiger partial charge in [0.2, 0.25) is 0 Å². The lowest BCUT2D eigenvalue weighted by molar-refractivity contribution is -0.141. The number of nitrogens with zero attached hydrogens (tertiary/aromatic N) is 4. The molecule has 6 nitrogen and oxygen atoms in total. The lowest BCUT2D eigenvalue weighted by atomic mass is 9.89. The molecule has 0 aliphatic carbocycles. The molecule has 0 bridgehead atoms. The average molecular weight is 226 g/mol. The molecular weight excluding hydrogens is 208 g/mol. The fourth-order valence-electron chi connectivity index (χ4n) is 1.31. The number of carboxylic acids is 1. The second kappa shape index (κ2) is 4.59. The molecule has 1 atom stereocenters. The third-order valence-electron chi connectivity index (χ3n) is 2.89. The predicted octanol–water partition coefficient (Wildman–Crippen LogP) is 1.08. The van der Waals surface area contributed by atoms with E-state index >= 15 is 0 Å². The van der Waals surface area contributed by atoms with E-state index in [0.29, 0.717) is 6.54 Å². The van der Waals surface area contributed by atoms with Crippen LogP contribution in [0, 0.1) is 5.92 Å². The number of hydrogen-bond donors (Lipinski definition) is 1. The first-order valence-electron chi connectivity index (χ1n) is 5.38. The molecule has 0 radical (unpaired) electrons. The quantitative estimate of drug-likeness (QED) is 0.812. The molecule has 0 saturated heterocycles. The Balaban J connectivity index is 2.91. The van der Waals surface area contributed by atoms with Crippen molar-refractivity contribution in [3.8, 4) is 0 Å². The molecule has 1 aromatic heterocycles. The van der Waals surface area contributed by atoms with Crippen molar-refractivity contribution < 1.29 is 9.90 Å². The van der Waals surface area contributed by atoms with Crippen LogP contribution in [0.4, 0.5) is 0 Å². The predicted molar refractivity (Wildman–Crippen MR) is 57.9 cm³/mol. The van der Waals surface area contributed by atoms with Crippen LogP contribution in [-0.2, 0) is 16.8 Å². The molecule has 0 amide bonds. The highest BCUT2D eigenvalue weighted by molar-refractivity contribution is 5.69. The van der Waals surface area contributed by atoms with Crippen LogP contribution in [0.15, 0.2) is 0 Å². The number of hydrogen-bond acceptors (Lipinski definition) is 4. The normalized spacial score (nSPS) is 13.8. The third-order valence-corrected chi connectivity index (χ3v) is 2.89. The molecule has 0 aromatic carbocycles. The zero-order chi connectivity index (χ0) is 12.3. The largest absolute Gasteiger partial charge is 0.481 e. The van der Waals surface area contributed by atoms with Crippen LogP contribution in [0.5, 0.6) is 0 Å². The number of carboxylic acid groups (broad SMARTS) is 1.